The Morgan fingerprint density at radius 3 is 2.88 bits per heavy atom. The van der Waals surface area contributed by atoms with Crippen LogP contribution in [0.25, 0.3) is 20.7 Å². The Bertz CT molecular complexity index is 932. The molecular formula is C20H22N4OS. The van der Waals surface area contributed by atoms with Crippen molar-refractivity contribution in [2.75, 3.05) is 5.32 Å². The molecule has 1 unspecified atom stereocenters. The normalized spacial score (nSPS) is 19.7. The first kappa shape index (κ1) is 17.0. The van der Waals surface area contributed by atoms with Gasteiger partial charge in [-0.1, -0.05) is 24.8 Å². The fourth-order valence-corrected chi connectivity index (χ4v) is 4.55. The molecule has 2 aromatic heterocycles. The van der Waals surface area contributed by atoms with Gasteiger partial charge in [-0.15, -0.1) is 11.3 Å². The summed E-state index contributed by atoms with van der Waals surface area (Å²) in [5.41, 5.74) is 1.26. The molecule has 3 aromatic rings. The summed E-state index contributed by atoms with van der Waals surface area (Å²) in [6.45, 7) is 7.97. The molecule has 2 N–H and O–H groups in total. The SMILES string of the molecule is C=C1CC(Nc2nccc(-c3cc4ccccc4s3)n2)CC(C)(C)N1O. The van der Waals surface area contributed by atoms with E-state index in [9.17, 15) is 5.21 Å². The molecular weight excluding hydrogens is 344 g/mol. The summed E-state index contributed by atoms with van der Waals surface area (Å²) in [5.74, 6) is 0.611. The van der Waals surface area contributed by atoms with Crippen molar-refractivity contribution in [1.82, 2.24) is 15.0 Å². The van der Waals surface area contributed by atoms with Crippen LogP contribution in [0.5, 0.6) is 0 Å². The molecule has 6 heteroatoms. The molecule has 0 saturated carbocycles. The van der Waals surface area contributed by atoms with Crippen LogP contribution in [0, 0.1) is 0 Å². The molecule has 1 fully saturated rings. The minimum atomic E-state index is -0.365. The zero-order chi connectivity index (χ0) is 18.3. The van der Waals surface area contributed by atoms with Gasteiger partial charge in [0.15, 0.2) is 0 Å². The first-order valence-electron chi connectivity index (χ1n) is 8.68. The fraction of sp³-hybridized carbons (Fsp3) is 0.300. The predicted octanol–water partition coefficient (Wildman–Crippen LogP) is 4.92. The van der Waals surface area contributed by atoms with Gasteiger partial charge >= 0.3 is 0 Å². The van der Waals surface area contributed by atoms with E-state index in [0.717, 1.165) is 17.0 Å². The lowest BCUT2D eigenvalue weighted by molar-refractivity contribution is -0.147. The van der Waals surface area contributed by atoms with Gasteiger partial charge in [0.05, 0.1) is 16.1 Å². The van der Waals surface area contributed by atoms with Crippen LogP contribution in [0.4, 0.5) is 5.95 Å². The van der Waals surface area contributed by atoms with Gasteiger partial charge in [-0.3, -0.25) is 10.3 Å². The highest BCUT2D eigenvalue weighted by Crippen LogP contribution is 2.34. The van der Waals surface area contributed by atoms with Crippen LogP contribution in [0.15, 0.2) is 54.9 Å². The van der Waals surface area contributed by atoms with Gasteiger partial charge in [-0.25, -0.2) is 9.97 Å². The number of thiophene rings is 1. The van der Waals surface area contributed by atoms with Crippen LogP contribution in [-0.4, -0.2) is 31.8 Å². The smallest absolute Gasteiger partial charge is 0.223 e. The van der Waals surface area contributed by atoms with Gasteiger partial charge in [0, 0.05) is 29.1 Å². The highest BCUT2D eigenvalue weighted by Gasteiger charge is 2.36. The van der Waals surface area contributed by atoms with E-state index in [-0.39, 0.29) is 11.6 Å². The Hall–Kier alpha value is -2.44. The molecule has 26 heavy (non-hydrogen) atoms. The van der Waals surface area contributed by atoms with Crippen molar-refractivity contribution in [3.8, 4) is 10.6 Å². The Morgan fingerprint density at radius 2 is 2.12 bits per heavy atom. The number of anilines is 1. The number of aromatic nitrogens is 2. The average molecular weight is 366 g/mol. The zero-order valence-electron chi connectivity index (χ0n) is 14.9. The maximum absolute atomic E-state index is 10.1. The third-order valence-corrected chi connectivity index (χ3v) is 5.91. The van der Waals surface area contributed by atoms with Crippen LogP contribution in [-0.2, 0) is 0 Å². The summed E-state index contributed by atoms with van der Waals surface area (Å²) in [7, 11) is 0. The van der Waals surface area contributed by atoms with Gasteiger partial charge in [-0.05, 0) is 43.9 Å². The zero-order valence-corrected chi connectivity index (χ0v) is 15.8. The molecule has 0 spiro atoms. The Kier molecular flexibility index (Phi) is 4.17. The Balaban J connectivity index is 1.57. The van der Waals surface area contributed by atoms with E-state index in [1.54, 1.807) is 17.5 Å². The van der Waals surface area contributed by atoms with Gasteiger partial charge in [0.2, 0.25) is 5.95 Å². The molecule has 1 atom stereocenters. The molecule has 0 bridgehead atoms. The molecule has 4 rings (SSSR count). The number of fused-ring (bicyclic) bond motifs is 1. The average Bonchev–Trinajstić information content (AvgIpc) is 3.04. The second kappa shape index (κ2) is 6.37. The minimum Gasteiger partial charge on any atom is -0.351 e. The number of rotatable bonds is 3. The van der Waals surface area contributed by atoms with E-state index >= 15 is 0 Å². The lowest BCUT2D eigenvalue weighted by Crippen LogP contribution is -2.49. The van der Waals surface area contributed by atoms with E-state index in [1.807, 2.05) is 26.0 Å². The van der Waals surface area contributed by atoms with Crippen LogP contribution >= 0.6 is 11.3 Å². The maximum Gasteiger partial charge on any atom is 0.223 e. The van der Waals surface area contributed by atoms with Gasteiger partial charge in [0.1, 0.15) is 0 Å². The van der Waals surface area contributed by atoms with E-state index in [0.29, 0.717) is 18.1 Å². The molecule has 0 radical (unpaired) electrons. The van der Waals surface area contributed by atoms with Crippen molar-refractivity contribution in [2.45, 2.75) is 38.3 Å². The number of hydroxylamine groups is 2. The first-order chi connectivity index (χ1) is 12.4. The van der Waals surface area contributed by atoms with Crippen LogP contribution in [0.3, 0.4) is 0 Å². The van der Waals surface area contributed by atoms with Gasteiger partial charge in [-0.2, -0.15) is 0 Å². The molecule has 3 heterocycles. The monoisotopic (exact) mass is 366 g/mol. The fourth-order valence-electron chi connectivity index (χ4n) is 3.52. The molecule has 0 aliphatic carbocycles. The first-order valence-corrected chi connectivity index (χ1v) is 9.49. The van der Waals surface area contributed by atoms with E-state index in [4.69, 9.17) is 4.98 Å². The summed E-state index contributed by atoms with van der Waals surface area (Å²) in [4.78, 5) is 10.2. The molecule has 1 saturated heterocycles. The lowest BCUT2D eigenvalue weighted by Gasteiger charge is -2.44. The van der Waals surface area contributed by atoms with Crippen molar-refractivity contribution < 1.29 is 5.21 Å². The second-order valence-corrected chi connectivity index (χ2v) is 8.44. The highest BCUT2D eigenvalue weighted by molar-refractivity contribution is 7.22. The number of hydrogen-bond acceptors (Lipinski definition) is 6. The van der Waals surface area contributed by atoms with Crippen molar-refractivity contribution >= 4 is 27.4 Å². The summed E-state index contributed by atoms with van der Waals surface area (Å²) < 4.78 is 1.25. The van der Waals surface area contributed by atoms with Crippen LogP contribution in [0.2, 0.25) is 0 Å². The van der Waals surface area contributed by atoms with E-state index < -0.39 is 0 Å². The largest absolute Gasteiger partial charge is 0.351 e. The Morgan fingerprint density at radius 1 is 1.31 bits per heavy atom. The van der Waals surface area contributed by atoms with Crippen LogP contribution in [0.1, 0.15) is 26.7 Å². The lowest BCUT2D eigenvalue weighted by atomic mass is 9.87. The predicted molar refractivity (Wildman–Crippen MR) is 106 cm³/mol. The molecule has 5 nitrogen and oxygen atoms in total. The van der Waals surface area contributed by atoms with Crippen molar-refractivity contribution in [1.29, 1.82) is 0 Å². The van der Waals surface area contributed by atoms with Crippen molar-refractivity contribution in [3.63, 3.8) is 0 Å². The highest BCUT2D eigenvalue weighted by atomic mass is 32.1. The standard InChI is InChI=1S/C20H22N4OS/c1-13-10-15(12-20(2,3)24(13)25)22-19-21-9-8-16(23-19)18-11-14-6-4-5-7-17(14)26-18/h4-9,11,15,25H,1,10,12H2,2-3H3,(H,21,22,23). The third kappa shape index (κ3) is 3.18. The molecule has 134 valence electrons. The third-order valence-electron chi connectivity index (χ3n) is 4.77. The van der Waals surface area contributed by atoms with Gasteiger partial charge in [0.25, 0.3) is 0 Å². The minimum absolute atomic E-state index is 0.138. The number of nitrogens with one attached hydrogen (secondary N) is 1. The van der Waals surface area contributed by atoms with E-state index in [1.165, 1.54) is 15.1 Å². The Labute approximate surface area is 157 Å². The topological polar surface area (TPSA) is 61.3 Å². The van der Waals surface area contributed by atoms with Crippen molar-refractivity contribution in [3.05, 3.63) is 54.9 Å². The number of nitrogens with zero attached hydrogens (tertiary/aromatic N) is 3. The van der Waals surface area contributed by atoms with E-state index in [2.05, 4.69) is 41.1 Å². The molecule has 0 amide bonds. The summed E-state index contributed by atoms with van der Waals surface area (Å²) in [6, 6.07) is 12.6. The molecule has 1 aliphatic rings. The summed E-state index contributed by atoms with van der Waals surface area (Å²) >= 11 is 1.73. The van der Waals surface area contributed by atoms with Crippen molar-refractivity contribution in [2.24, 2.45) is 0 Å². The molecule has 1 aromatic carbocycles. The number of benzene rings is 1. The maximum atomic E-state index is 10.1. The molecule has 1 aliphatic heterocycles. The number of piperidine rings is 1. The number of hydrogen-bond donors (Lipinski definition) is 2. The quantitative estimate of drug-likeness (QED) is 0.689. The second-order valence-electron chi connectivity index (χ2n) is 7.35. The van der Waals surface area contributed by atoms with Crippen LogP contribution < -0.4 is 5.32 Å². The summed E-state index contributed by atoms with van der Waals surface area (Å²) in [5, 5.41) is 16.1. The van der Waals surface area contributed by atoms with Gasteiger partial charge < -0.3 is 5.32 Å². The summed E-state index contributed by atoms with van der Waals surface area (Å²) in [6.07, 6.45) is 3.23.